The first-order chi connectivity index (χ1) is 7.19. The van der Waals surface area contributed by atoms with Crippen molar-refractivity contribution in [1.82, 2.24) is 0 Å². The Morgan fingerprint density at radius 1 is 1.20 bits per heavy atom. The second kappa shape index (κ2) is 6.81. The van der Waals surface area contributed by atoms with Crippen LogP contribution in [0, 0.1) is 10.5 Å². The normalized spacial score (nSPS) is 10.4. The van der Waals surface area contributed by atoms with Gasteiger partial charge in [-0.1, -0.05) is 6.07 Å². The molecule has 0 aromatic heterocycles. The monoisotopic (exact) mass is 357 g/mol. The van der Waals surface area contributed by atoms with Crippen LogP contribution in [0.2, 0.25) is 0 Å². The molecule has 0 bridgehead atoms. The van der Waals surface area contributed by atoms with Gasteiger partial charge in [-0.3, -0.25) is 0 Å². The third-order valence-electron chi connectivity index (χ3n) is 2.23. The molecule has 1 nitrogen and oxygen atoms in total. The van der Waals surface area contributed by atoms with Crippen LogP contribution >= 0.6 is 45.8 Å². The second-order valence-electron chi connectivity index (χ2n) is 3.30. The lowest BCUT2D eigenvalue weighted by molar-refractivity contribution is 0.873. The Hall–Kier alpha value is 0.330. The van der Waals surface area contributed by atoms with Crippen LogP contribution in [-0.4, -0.2) is 24.8 Å². The van der Waals surface area contributed by atoms with Gasteiger partial charge >= 0.3 is 0 Å². The van der Waals surface area contributed by atoms with Crippen molar-refractivity contribution in [1.29, 1.82) is 0 Å². The molecular weight excluding hydrogens is 344 g/mol. The SMILES string of the molecule is Cc1ccc(N(CCCl)CCCl)cc1I. The van der Waals surface area contributed by atoms with Crippen molar-refractivity contribution in [3.63, 3.8) is 0 Å². The number of alkyl halides is 2. The summed E-state index contributed by atoms with van der Waals surface area (Å²) in [7, 11) is 0. The standard InChI is InChI=1S/C11H14Cl2IN/c1-9-2-3-10(8-11(9)14)15(6-4-12)7-5-13/h2-3,8H,4-7H2,1H3. The van der Waals surface area contributed by atoms with Gasteiger partial charge in [0.1, 0.15) is 0 Å². The molecule has 0 fully saturated rings. The molecule has 0 N–H and O–H groups in total. The summed E-state index contributed by atoms with van der Waals surface area (Å²) in [4.78, 5) is 2.21. The average molecular weight is 358 g/mol. The molecule has 0 aliphatic heterocycles. The van der Waals surface area contributed by atoms with E-state index in [-0.39, 0.29) is 0 Å². The van der Waals surface area contributed by atoms with Crippen LogP contribution < -0.4 is 4.90 Å². The van der Waals surface area contributed by atoms with Gasteiger partial charge in [-0.05, 0) is 47.2 Å². The fourth-order valence-corrected chi connectivity index (χ4v) is 2.26. The summed E-state index contributed by atoms with van der Waals surface area (Å²) in [5.41, 5.74) is 2.50. The highest BCUT2D eigenvalue weighted by Gasteiger charge is 2.06. The Kier molecular flexibility index (Phi) is 6.09. The second-order valence-corrected chi connectivity index (χ2v) is 5.22. The summed E-state index contributed by atoms with van der Waals surface area (Å²) < 4.78 is 1.28. The largest absolute Gasteiger partial charge is 0.369 e. The molecule has 1 aromatic carbocycles. The van der Waals surface area contributed by atoms with E-state index in [1.807, 2.05) is 0 Å². The fraction of sp³-hybridized carbons (Fsp3) is 0.455. The number of aryl methyl sites for hydroxylation is 1. The maximum absolute atomic E-state index is 5.77. The molecule has 0 unspecified atom stereocenters. The topological polar surface area (TPSA) is 3.24 Å². The van der Waals surface area contributed by atoms with Crippen LogP contribution in [0.1, 0.15) is 5.56 Å². The van der Waals surface area contributed by atoms with Crippen LogP contribution in [0.3, 0.4) is 0 Å². The summed E-state index contributed by atoms with van der Waals surface area (Å²) in [6.07, 6.45) is 0. The summed E-state index contributed by atoms with van der Waals surface area (Å²) >= 11 is 13.9. The fourth-order valence-electron chi connectivity index (χ4n) is 1.35. The predicted octanol–water partition coefficient (Wildman–Crippen LogP) is 3.88. The van der Waals surface area contributed by atoms with Crippen molar-refractivity contribution in [2.75, 3.05) is 29.7 Å². The zero-order chi connectivity index (χ0) is 11.3. The molecule has 0 radical (unpaired) electrons. The van der Waals surface area contributed by atoms with Gasteiger partial charge in [0, 0.05) is 34.1 Å². The third kappa shape index (κ3) is 4.00. The van der Waals surface area contributed by atoms with Crippen molar-refractivity contribution in [2.45, 2.75) is 6.92 Å². The van der Waals surface area contributed by atoms with Crippen LogP contribution in [0.15, 0.2) is 18.2 Å². The van der Waals surface area contributed by atoms with Gasteiger partial charge in [0.25, 0.3) is 0 Å². The van der Waals surface area contributed by atoms with E-state index in [1.54, 1.807) is 0 Å². The minimum atomic E-state index is 0.626. The van der Waals surface area contributed by atoms with Gasteiger partial charge in [0.15, 0.2) is 0 Å². The molecule has 0 saturated heterocycles. The molecule has 0 amide bonds. The molecule has 0 saturated carbocycles. The Balaban J connectivity index is 2.85. The van der Waals surface area contributed by atoms with Crippen LogP contribution in [0.5, 0.6) is 0 Å². The molecule has 1 rings (SSSR count). The average Bonchev–Trinajstić information content (AvgIpc) is 2.22. The van der Waals surface area contributed by atoms with Gasteiger partial charge in [0.05, 0.1) is 0 Å². The Bertz CT molecular complexity index is 311. The van der Waals surface area contributed by atoms with Crippen molar-refractivity contribution >= 4 is 51.5 Å². The van der Waals surface area contributed by atoms with Crippen molar-refractivity contribution in [3.8, 4) is 0 Å². The van der Waals surface area contributed by atoms with Crippen molar-refractivity contribution in [3.05, 3.63) is 27.3 Å². The molecule has 0 spiro atoms. The first-order valence-electron chi connectivity index (χ1n) is 4.82. The minimum absolute atomic E-state index is 0.626. The lowest BCUT2D eigenvalue weighted by atomic mass is 10.2. The van der Waals surface area contributed by atoms with E-state index in [4.69, 9.17) is 23.2 Å². The Morgan fingerprint density at radius 2 is 1.80 bits per heavy atom. The molecule has 15 heavy (non-hydrogen) atoms. The molecule has 84 valence electrons. The maximum Gasteiger partial charge on any atom is 0.0399 e. The number of hydrogen-bond acceptors (Lipinski definition) is 1. The molecule has 0 atom stereocenters. The van der Waals surface area contributed by atoms with E-state index >= 15 is 0 Å². The Morgan fingerprint density at radius 3 is 2.27 bits per heavy atom. The third-order valence-corrected chi connectivity index (χ3v) is 3.73. The van der Waals surface area contributed by atoms with E-state index in [9.17, 15) is 0 Å². The summed E-state index contributed by atoms with van der Waals surface area (Å²) in [6.45, 7) is 3.79. The molecular formula is C11H14Cl2IN. The number of anilines is 1. The number of rotatable bonds is 5. The highest BCUT2D eigenvalue weighted by atomic mass is 127. The summed E-state index contributed by atoms with van der Waals surface area (Å²) in [6, 6.07) is 6.43. The quantitative estimate of drug-likeness (QED) is 0.571. The molecule has 0 heterocycles. The van der Waals surface area contributed by atoms with Crippen LogP contribution in [0.25, 0.3) is 0 Å². The first-order valence-corrected chi connectivity index (χ1v) is 6.97. The molecule has 0 aliphatic rings. The van der Waals surface area contributed by atoms with Crippen molar-refractivity contribution < 1.29 is 0 Å². The lowest BCUT2D eigenvalue weighted by Gasteiger charge is -2.23. The summed E-state index contributed by atoms with van der Waals surface area (Å²) in [5.74, 6) is 1.25. The van der Waals surface area contributed by atoms with Gasteiger partial charge in [-0.25, -0.2) is 0 Å². The lowest BCUT2D eigenvalue weighted by Crippen LogP contribution is -2.27. The number of halogens is 3. The number of hydrogen-bond donors (Lipinski definition) is 0. The van der Waals surface area contributed by atoms with E-state index in [2.05, 4.69) is 52.6 Å². The van der Waals surface area contributed by atoms with Gasteiger partial charge in [0.2, 0.25) is 0 Å². The van der Waals surface area contributed by atoms with Gasteiger partial charge in [-0.2, -0.15) is 0 Å². The number of benzene rings is 1. The van der Waals surface area contributed by atoms with E-state index in [1.165, 1.54) is 14.8 Å². The van der Waals surface area contributed by atoms with Crippen LogP contribution in [0.4, 0.5) is 5.69 Å². The van der Waals surface area contributed by atoms with Crippen molar-refractivity contribution in [2.24, 2.45) is 0 Å². The van der Waals surface area contributed by atoms with E-state index in [0.29, 0.717) is 11.8 Å². The first kappa shape index (κ1) is 13.4. The van der Waals surface area contributed by atoms with Gasteiger partial charge < -0.3 is 4.90 Å². The highest BCUT2D eigenvalue weighted by Crippen LogP contribution is 2.20. The number of nitrogens with zero attached hydrogens (tertiary/aromatic N) is 1. The molecule has 4 heteroatoms. The van der Waals surface area contributed by atoms with E-state index in [0.717, 1.165) is 13.1 Å². The zero-order valence-electron chi connectivity index (χ0n) is 8.64. The maximum atomic E-state index is 5.77. The van der Waals surface area contributed by atoms with Crippen LogP contribution in [-0.2, 0) is 0 Å². The predicted molar refractivity (Wildman–Crippen MR) is 77.5 cm³/mol. The smallest absolute Gasteiger partial charge is 0.0399 e. The minimum Gasteiger partial charge on any atom is -0.369 e. The summed E-state index contributed by atoms with van der Waals surface area (Å²) in [5, 5.41) is 0. The molecule has 0 aliphatic carbocycles. The highest BCUT2D eigenvalue weighted by molar-refractivity contribution is 14.1. The zero-order valence-corrected chi connectivity index (χ0v) is 12.3. The molecule has 1 aromatic rings. The Labute approximate surface area is 115 Å². The van der Waals surface area contributed by atoms with Gasteiger partial charge in [-0.15, -0.1) is 23.2 Å². The van der Waals surface area contributed by atoms with E-state index < -0.39 is 0 Å².